The van der Waals surface area contributed by atoms with E-state index in [1.807, 2.05) is 0 Å². The van der Waals surface area contributed by atoms with Gasteiger partial charge in [0.15, 0.2) is 0 Å². The molecule has 3 rings (SSSR count). The van der Waals surface area contributed by atoms with Crippen molar-refractivity contribution in [2.75, 3.05) is 0 Å². The van der Waals surface area contributed by atoms with Crippen LogP contribution in [-0.2, 0) is 4.79 Å². The second-order valence-corrected chi connectivity index (χ2v) is 9.19. The highest BCUT2D eigenvalue weighted by Gasteiger charge is 2.65. The van der Waals surface area contributed by atoms with Gasteiger partial charge in [0.25, 0.3) is 0 Å². The van der Waals surface area contributed by atoms with E-state index < -0.39 is 0 Å². The zero-order chi connectivity index (χ0) is 17.5. The van der Waals surface area contributed by atoms with Crippen LogP contribution in [-0.4, -0.2) is 28.2 Å². The first-order valence-corrected chi connectivity index (χ1v) is 10.3. The van der Waals surface area contributed by atoms with Gasteiger partial charge in [-0.25, -0.2) is 0 Å². The van der Waals surface area contributed by atoms with E-state index in [9.17, 15) is 15.0 Å². The molecule has 138 valence electrons. The minimum atomic E-state index is -0.295. The summed E-state index contributed by atoms with van der Waals surface area (Å²) < 4.78 is 0. The maximum atomic E-state index is 12.7. The predicted octanol–water partition coefficient (Wildman–Crippen LogP) is 3.96. The molecule has 0 aliphatic heterocycles. The van der Waals surface area contributed by atoms with E-state index in [-0.39, 0.29) is 29.5 Å². The number of carbonyl (C=O) groups is 1. The van der Waals surface area contributed by atoms with Gasteiger partial charge in [0.05, 0.1) is 12.2 Å². The van der Waals surface area contributed by atoms with Crippen LogP contribution in [0, 0.1) is 35.0 Å². The summed E-state index contributed by atoms with van der Waals surface area (Å²) in [5.74, 6) is 1.81. The fraction of sp³-hybridized carbons (Fsp3) is 0.952. The molecule has 1 unspecified atom stereocenters. The number of hydrogen-bond acceptors (Lipinski definition) is 3. The Hall–Kier alpha value is -0.410. The monoisotopic (exact) mass is 336 g/mol. The van der Waals surface area contributed by atoms with Crippen LogP contribution in [0.3, 0.4) is 0 Å². The van der Waals surface area contributed by atoms with Gasteiger partial charge in [-0.05, 0) is 62.2 Å². The first-order valence-electron chi connectivity index (χ1n) is 10.3. The molecule has 0 bridgehead atoms. The number of aliphatic hydroxyl groups excluding tert-OH is 2. The predicted molar refractivity (Wildman–Crippen MR) is 95.5 cm³/mol. The van der Waals surface area contributed by atoms with Crippen molar-refractivity contribution in [2.24, 2.45) is 35.0 Å². The Kier molecular flexibility index (Phi) is 5.42. The average molecular weight is 337 g/mol. The molecule has 24 heavy (non-hydrogen) atoms. The molecule has 3 aliphatic rings. The lowest BCUT2D eigenvalue weighted by Crippen LogP contribution is -2.66. The second kappa shape index (κ2) is 7.07. The van der Waals surface area contributed by atoms with Gasteiger partial charge in [0, 0.05) is 11.3 Å². The van der Waals surface area contributed by atoms with Gasteiger partial charge in [0.1, 0.15) is 5.78 Å². The second-order valence-electron chi connectivity index (χ2n) is 9.19. The highest BCUT2D eigenvalue weighted by molar-refractivity contribution is 5.94. The fourth-order valence-electron chi connectivity index (χ4n) is 6.43. The molecular formula is C21H36O3. The summed E-state index contributed by atoms with van der Waals surface area (Å²) in [6.45, 7) is 6.39. The standard InChI is InChI=1S/C21H36O3/c1-13(2)21-12-11-18(23)16(19(21)14(3)20(21)24)9-10-17(22)15-7-5-4-6-8-15/h13-19,22-23H,4-12H2,1-3H3/t14?,16-,17+,18+,19+,21+/m0/s1. The Morgan fingerprint density at radius 3 is 2.46 bits per heavy atom. The molecule has 3 fully saturated rings. The van der Waals surface area contributed by atoms with Crippen molar-refractivity contribution < 1.29 is 15.0 Å². The zero-order valence-electron chi connectivity index (χ0n) is 15.7. The Balaban J connectivity index is 1.66. The van der Waals surface area contributed by atoms with Gasteiger partial charge in [-0.3, -0.25) is 4.79 Å². The zero-order valence-corrected chi connectivity index (χ0v) is 15.7. The van der Waals surface area contributed by atoms with Crippen molar-refractivity contribution in [1.29, 1.82) is 0 Å². The SMILES string of the molecule is CC1C(=O)[C@@]2(C(C)C)CC[C@@H](O)[C@H](CC[C@@H](O)C3CCCCC3)[C@@H]12. The molecule has 2 N–H and O–H groups in total. The molecule has 0 heterocycles. The lowest BCUT2D eigenvalue weighted by Gasteiger charge is -2.62. The molecule has 0 aromatic heterocycles. The molecule has 0 spiro atoms. The van der Waals surface area contributed by atoms with E-state index in [2.05, 4.69) is 20.8 Å². The van der Waals surface area contributed by atoms with Gasteiger partial charge < -0.3 is 10.2 Å². The number of aliphatic hydroxyl groups is 2. The van der Waals surface area contributed by atoms with E-state index >= 15 is 0 Å². The molecule has 3 heteroatoms. The van der Waals surface area contributed by atoms with E-state index in [1.54, 1.807) is 0 Å². The van der Waals surface area contributed by atoms with Crippen molar-refractivity contribution in [3.05, 3.63) is 0 Å². The molecule has 6 atom stereocenters. The van der Waals surface area contributed by atoms with Gasteiger partial charge in [-0.1, -0.05) is 40.0 Å². The third kappa shape index (κ3) is 2.86. The minimum Gasteiger partial charge on any atom is -0.393 e. The van der Waals surface area contributed by atoms with Crippen LogP contribution < -0.4 is 0 Å². The van der Waals surface area contributed by atoms with Gasteiger partial charge in [0.2, 0.25) is 0 Å². The van der Waals surface area contributed by atoms with Crippen LogP contribution in [0.4, 0.5) is 0 Å². The van der Waals surface area contributed by atoms with Crippen molar-refractivity contribution in [1.82, 2.24) is 0 Å². The smallest absolute Gasteiger partial charge is 0.142 e. The summed E-state index contributed by atoms with van der Waals surface area (Å²) in [5, 5.41) is 21.2. The van der Waals surface area contributed by atoms with Crippen molar-refractivity contribution in [2.45, 2.75) is 90.8 Å². The van der Waals surface area contributed by atoms with Crippen LogP contribution in [0.2, 0.25) is 0 Å². The minimum absolute atomic E-state index is 0.0826. The van der Waals surface area contributed by atoms with E-state index in [0.29, 0.717) is 23.5 Å². The van der Waals surface area contributed by atoms with Gasteiger partial charge in [-0.2, -0.15) is 0 Å². The number of carbonyl (C=O) groups excluding carboxylic acids is 1. The number of hydrogen-bond donors (Lipinski definition) is 2. The topological polar surface area (TPSA) is 57.5 Å². The van der Waals surface area contributed by atoms with Crippen molar-refractivity contribution in [3.8, 4) is 0 Å². The number of rotatable bonds is 5. The molecule has 3 nitrogen and oxygen atoms in total. The normalized spacial score (nSPS) is 41.8. The first-order chi connectivity index (χ1) is 11.4. The molecule has 0 aromatic carbocycles. The summed E-state index contributed by atoms with van der Waals surface area (Å²) >= 11 is 0. The van der Waals surface area contributed by atoms with Gasteiger partial charge >= 0.3 is 0 Å². The summed E-state index contributed by atoms with van der Waals surface area (Å²) in [5.41, 5.74) is -0.195. The third-order valence-corrected chi connectivity index (χ3v) is 7.84. The number of Topliss-reactive ketones (excluding diaryl/α,β-unsaturated/α-hetero) is 1. The molecule has 3 aliphatic carbocycles. The van der Waals surface area contributed by atoms with Crippen LogP contribution in [0.25, 0.3) is 0 Å². The number of ketones is 1. The Labute approximate surface area is 147 Å². The van der Waals surface area contributed by atoms with E-state index in [1.165, 1.54) is 19.3 Å². The maximum absolute atomic E-state index is 12.7. The molecule has 0 radical (unpaired) electrons. The van der Waals surface area contributed by atoms with E-state index in [0.717, 1.165) is 38.5 Å². The highest BCUT2D eigenvalue weighted by Crippen LogP contribution is 2.62. The quantitative estimate of drug-likeness (QED) is 0.799. The third-order valence-electron chi connectivity index (χ3n) is 7.84. The van der Waals surface area contributed by atoms with E-state index in [4.69, 9.17) is 0 Å². The fourth-order valence-corrected chi connectivity index (χ4v) is 6.43. The molecule has 0 saturated heterocycles. The highest BCUT2D eigenvalue weighted by atomic mass is 16.3. The first kappa shape index (κ1) is 18.4. The summed E-state index contributed by atoms with van der Waals surface area (Å²) in [6, 6.07) is 0. The molecular weight excluding hydrogens is 300 g/mol. The van der Waals surface area contributed by atoms with Crippen LogP contribution in [0.15, 0.2) is 0 Å². The Morgan fingerprint density at radius 2 is 1.83 bits per heavy atom. The van der Waals surface area contributed by atoms with Crippen molar-refractivity contribution >= 4 is 5.78 Å². The van der Waals surface area contributed by atoms with Crippen LogP contribution >= 0.6 is 0 Å². The lowest BCUT2D eigenvalue weighted by molar-refractivity contribution is -0.188. The molecule has 3 saturated carbocycles. The van der Waals surface area contributed by atoms with Crippen LogP contribution in [0.1, 0.15) is 78.6 Å². The average Bonchev–Trinajstić information content (AvgIpc) is 2.59. The Morgan fingerprint density at radius 1 is 1.17 bits per heavy atom. The van der Waals surface area contributed by atoms with Gasteiger partial charge in [-0.15, -0.1) is 0 Å². The molecule has 0 aromatic rings. The lowest BCUT2D eigenvalue weighted by atomic mass is 9.41. The summed E-state index contributed by atoms with van der Waals surface area (Å²) in [6.07, 6.45) is 8.85. The summed E-state index contributed by atoms with van der Waals surface area (Å²) in [4.78, 5) is 12.7. The Bertz CT molecular complexity index is 454. The number of fused-ring (bicyclic) bond motifs is 1. The summed E-state index contributed by atoms with van der Waals surface area (Å²) in [7, 11) is 0. The largest absolute Gasteiger partial charge is 0.393 e. The maximum Gasteiger partial charge on any atom is 0.142 e. The van der Waals surface area contributed by atoms with Crippen LogP contribution in [0.5, 0.6) is 0 Å². The van der Waals surface area contributed by atoms with Crippen molar-refractivity contribution in [3.63, 3.8) is 0 Å². The molecule has 0 amide bonds.